The monoisotopic (exact) mass is 279 g/mol. The summed E-state index contributed by atoms with van der Waals surface area (Å²) in [7, 11) is 4.57. The molecular formula is C14H17NO5. The van der Waals surface area contributed by atoms with Gasteiger partial charge in [-0.1, -0.05) is 6.07 Å². The summed E-state index contributed by atoms with van der Waals surface area (Å²) in [5.74, 6) is 1.21. The number of ether oxygens (including phenoxy) is 3. The van der Waals surface area contributed by atoms with Crippen LogP contribution in [0.5, 0.6) is 17.2 Å². The maximum Gasteiger partial charge on any atom is 0.249 e. The van der Waals surface area contributed by atoms with Gasteiger partial charge in [-0.25, -0.2) is 0 Å². The first-order valence-corrected chi connectivity index (χ1v) is 6.27. The van der Waals surface area contributed by atoms with E-state index in [0.29, 0.717) is 30.1 Å². The Morgan fingerprint density at radius 1 is 1.15 bits per heavy atom. The highest BCUT2D eigenvalue weighted by Gasteiger charge is 2.34. The van der Waals surface area contributed by atoms with Gasteiger partial charge in [-0.05, 0) is 25.0 Å². The lowest BCUT2D eigenvalue weighted by molar-refractivity contribution is -0.429. The highest BCUT2D eigenvalue weighted by atomic mass is 16.6. The van der Waals surface area contributed by atoms with Gasteiger partial charge in [0.05, 0.1) is 32.2 Å². The van der Waals surface area contributed by atoms with Crippen LogP contribution in [0.2, 0.25) is 0 Å². The Balaban J connectivity index is 2.52. The van der Waals surface area contributed by atoms with Crippen molar-refractivity contribution in [2.24, 2.45) is 0 Å². The van der Waals surface area contributed by atoms with Gasteiger partial charge in [0.2, 0.25) is 11.4 Å². The molecule has 1 unspecified atom stereocenters. The lowest BCUT2D eigenvalue weighted by Gasteiger charge is -2.18. The number of hydrogen-bond acceptors (Lipinski definition) is 5. The summed E-state index contributed by atoms with van der Waals surface area (Å²) in [4.78, 5) is 10.8. The van der Waals surface area contributed by atoms with Crippen LogP contribution in [0, 0.1) is 10.1 Å². The number of nitro groups is 1. The van der Waals surface area contributed by atoms with E-state index >= 15 is 0 Å². The van der Waals surface area contributed by atoms with Gasteiger partial charge in [0.1, 0.15) is 0 Å². The summed E-state index contributed by atoms with van der Waals surface area (Å²) < 4.78 is 15.9. The Morgan fingerprint density at radius 2 is 1.85 bits per heavy atom. The van der Waals surface area contributed by atoms with Crippen LogP contribution >= 0.6 is 0 Å². The van der Waals surface area contributed by atoms with E-state index in [1.54, 1.807) is 18.2 Å². The summed E-state index contributed by atoms with van der Waals surface area (Å²) in [5, 5.41) is 11.1. The smallest absolute Gasteiger partial charge is 0.249 e. The third-order valence-corrected chi connectivity index (χ3v) is 3.49. The molecule has 0 heterocycles. The van der Waals surface area contributed by atoms with Gasteiger partial charge < -0.3 is 14.2 Å². The number of nitrogens with zero attached hydrogens (tertiary/aromatic N) is 1. The summed E-state index contributed by atoms with van der Waals surface area (Å²) in [6.07, 6.45) is 3.06. The van der Waals surface area contributed by atoms with Crippen molar-refractivity contribution in [1.29, 1.82) is 0 Å². The first-order valence-electron chi connectivity index (χ1n) is 6.27. The number of rotatable bonds is 5. The van der Waals surface area contributed by atoms with Gasteiger partial charge in [-0.3, -0.25) is 10.1 Å². The number of methoxy groups -OCH3 is 3. The Labute approximate surface area is 117 Å². The molecule has 108 valence electrons. The van der Waals surface area contributed by atoms with Crippen molar-refractivity contribution in [3.05, 3.63) is 39.6 Å². The minimum absolute atomic E-state index is 0.218. The van der Waals surface area contributed by atoms with Crippen molar-refractivity contribution < 1.29 is 19.1 Å². The van der Waals surface area contributed by atoms with Crippen LogP contribution in [-0.2, 0) is 0 Å². The molecular weight excluding hydrogens is 262 g/mol. The summed E-state index contributed by atoms with van der Waals surface area (Å²) >= 11 is 0. The molecule has 0 aromatic heterocycles. The molecule has 0 amide bonds. The zero-order valence-electron chi connectivity index (χ0n) is 11.7. The molecule has 0 fully saturated rings. The molecule has 0 radical (unpaired) electrons. The van der Waals surface area contributed by atoms with Gasteiger partial charge >= 0.3 is 0 Å². The lowest BCUT2D eigenvalue weighted by atomic mass is 9.95. The van der Waals surface area contributed by atoms with Gasteiger partial charge in [-0.15, -0.1) is 0 Å². The molecule has 1 aliphatic carbocycles. The number of hydrogen-bond donors (Lipinski definition) is 0. The Kier molecular flexibility index (Phi) is 4.12. The predicted octanol–water partition coefficient (Wildman–Crippen LogP) is 2.75. The molecule has 6 heteroatoms. The molecule has 0 spiro atoms. The second kappa shape index (κ2) is 5.81. The maximum atomic E-state index is 11.1. The van der Waals surface area contributed by atoms with Crippen LogP contribution < -0.4 is 14.2 Å². The molecule has 0 saturated carbocycles. The van der Waals surface area contributed by atoms with Crippen molar-refractivity contribution >= 4 is 0 Å². The highest BCUT2D eigenvalue weighted by Crippen LogP contribution is 2.47. The molecule has 1 aliphatic rings. The van der Waals surface area contributed by atoms with E-state index in [2.05, 4.69) is 0 Å². The van der Waals surface area contributed by atoms with Crippen LogP contribution in [0.4, 0.5) is 0 Å². The highest BCUT2D eigenvalue weighted by molar-refractivity contribution is 5.58. The maximum absolute atomic E-state index is 11.1. The van der Waals surface area contributed by atoms with Gasteiger partial charge in [-0.2, -0.15) is 0 Å². The Morgan fingerprint density at radius 3 is 2.40 bits per heavy atom. The largest absolute Gasteiger partial charge is 0.493 e. The molecule has 0 bridgehead atoms. The Hall–Kier alpha value is -2.24. The van der Waals surface area contributed by atoms with Crippen molar-refractivity contribution in [3.8, 4) is 17.2 Å². The van der Waals surface area contributed by atoms with Crippen LogP contribution in [0.15, 0.2) is 23.9 Å². The van der Waals surface area contributed by atoms with Gasteiger partial charge in [0, 0.05) is 5.56 Å². The quantitative estimate of drug-likeness (QED) is 0.612. The molecule has 20 heavy (non-hydrogen) atoms. The van der Waals surface area contributed by atoms with E-state index in [0.717, 1.165) is 5.56 Å². The first kappa shape index (κ1) is 14.2. The molecule has 0 N–H and O–H groups in total. The molecule has 6 nitrogen and oxygen atoms in total. The van der Waals surface area contributed by atoms with E-state index in [9.17, 15) is 10.1 Å². The van der Waals surface area contributed by atoms with Crippen LogP contribution in [0.1, 0.15) is 24.3 Å². The average Bonchev–Trinajstić information content (AvgIpc) is 2.94. The standard InChI is InChI=1S/C14H17NO5/c1-18-12-8-7-10(13(19-2)14(12)20-3)9-5-4-6-11(9)15(16)17/h6-9H,4-5H2,1-3H3. The minimum Gasteiger partial charge on any atom is -0.493 e. The molecule has 1 aromatic carbocycles. The van der Waals surface area contributed by atoms with E-state index in [4.69, 9.17) is 14.2 Å². The van der Waals surface area contributed by atoms with Crippen LogP contribution in [0.3, 0.4) is 0 Å². The van der Waals surface area contributed by atoms with Crippen molar-refractivity contribution in [1.82, 2.24) is 0 Å². The lowest BCUT2D eigenvalue weighted by Crippen LogP contribution is -2.09. The molecule has 1 atom stereocenters. The fourth-order valence-corrected chi connectivity index (χ4v) is 2.60. The summed E-state index contributed by atoms with van der Waals surface area (Å²) in [6.45, 7) is 0. The molecule has 2 rings (SSSR count). The normalized spacial score (nSPS) is 17.6. The van der Waals surface area contributed by atoms with Crippen molar-refractivity contribution in [2.75, 3.05) is 21.3 Å². The fourth-order valence-electron chi connectivity index (χ4n) is 2.60. The molecule has 1 aromatic rings. The van der Waals surface area contributed by atoms with Crippen molar-refractivity contribution in [3.63, 3.8) is 0 Å². The summed E-state index contributed by atoms with van der Waals surface area (Å²) in [5.41, 5.74) is 0.973. The second-order valence-corrected chi connectivity index (χ2v) is 4.44. The molecule has 0 saturated heterocycles. The minimum atomic E-state index is -0.326. The van der Waals surface area contributed by atoms with E-state index < -0.39 is 0 Å². The second-order valence-electron chi connectivity index (χ2n) is 4.44. The van der Waals surface area contributed by atoms with Gasteiger partial charge in [0.25, 0.3) is 0 Å². The SMILES string of the molecule is COc1ccc(C2CCC=C2[N+](=O)[O-])c(OC)c1OC. The zero-order chi connectivity index (χ0) is 14.7. The third-order valence-electron chi connectivity index (χ3n) is 3.49. The van der Waals surface area contributed by atoms with E-state index in [1.165, 1.54) is 21.3 Å². The van der Waals surface area contributed by atoms with Crippen LogP contribution in [-0.4, -0.2) is 26.3 Å². The number of allylic oxidation sites excluding steroid dienone is 2. The number of benzene rings is 1. The van der Waals surface area contributed by atoms with Crippen molar-refractivity contribution in [2.45, 2.75) is 18.8 Å². The topological polar surface area (TPSA) is 70.8 Å². The van der Waals surface area contributed by atoms with E-state index in [1.807, 2.05) is 0 Å². The van der Waals surface area contributed by atoms with Crippen LogP contribution in [0.25, 0.3) is 0 Å². The predicted molar refractivity (Wildman–Crippen MR) is 73.2 cm³/mol. The molecule has 0 aliphatic heterocycles. The first-order chi connectivity index (χ1) is 9.63. The average molecular weight is 279 g/mol. The van der Waals surface area contributed by atoms with Gasteiger partial charge in [0.15, 0.2) is 11.5 Å². The Bertz CT molecular complexity index is 553. The fraction of sp³-hybridized carbons (Fsp3) is 0.429. The van der Waals surface area contributed by atoms with E-state index in [-0.39, 0.29) is 16.5 Å². The third kappa shape index (κ3) is 2.29. The summed E-state index contributed by atoms with van der Waals surface area (Å²) in [6, 6.07) is 3.54. The zero-order valence-corrected chi connectivity index (χ0v) is 11.7.